The van der Waals surface area contributed by atoms with Crippen LogP contribution in [-0.2, 0) is 17.8 Å². The number of carbonyl (C=O) groups excluding carboxylic acids is 1. The van der Waals surface area contributed by atoms with Crippen LogP contribution in [0.3, 0.4) is 0 Å². The van der Waals surface area contributed by atoms with Crippen molar-refractivity contribution >= 4 is 22.6 Å². The Morgan fingerprint density at radius 2 is 1.66 bits per heavy atom. The van der Waals surface area contributed by atoms with Gasteiger partial charge in [0.15, 0.2) is 0 Å². The molecule has 8 heteroatoms. The minimum Gasteiger partial charge on any atom is -0.343 e. The molecule has 0 aliphatic carbocycles. The SMILES string of the molecule is Cc1ccc(Cn2c(=O)c3ccccc3n3c(CCC(=O)N4CCC(N5CCCCC5)CC4)nnc23)cc1. The second kappa shape index (κ2) is 10.7. The summed E-state index contributed by atoms with van der Waals surface area (Å²) >= 11 is 0. The van der Waals surface area contributed by atoms with Gasteiger partial charge < -0.3 is 9.80 Å². The molecule has 0 unspecified atom stereocenters. The molecule has 0 bridgehead atoms. The Bertz CT molecular complexity index is 1490. The summed E-state index contributed by atoms with van der Waals surface area (Å²) in [6, 6.07) is 16.4. The van der Waals surface area contributed by atoms with E-state index in [0.717, 1.165) is 37.0 Å². The van der Waals surface area contributed by atoms with E-state index in [9.17, 15) is 9.59 Å². The maximum Gasteiger partial charge on any atom is 0.263 e. The molecule has 4 aromatic rings. The highest BCUT2D eigenvalue weighted by Gasteiger charge is 2.28. The second-order valence-corrected chi connectivity index (χ2v) is 10.9. The lowest BCUT2D eigenvalue weighted by atomic mass is 9.99. The number of carbonyl (C=O) groups is 1. The van der Waals surface area contributed by atoms with Gasteiger partial charge in [-0.2, -0.15) is 0 Å². The molecule has 2 aliphatic heterocycles. The van der Waals surface area contributed by atoms with Crippen LogP contribution >= 0.6 is 0 Å². The molecule has 4 heterocycles. The third kappa shape index (κ3) is 4.85. The van der Waals surface area contributed by atoms with Gasteiger partial charge in [-0.3, -0.25) is 18.6 Å². The minimum atomic E-state index is -0.0831. The van der Waals surface area contributed by atoms with Crippen LogP contribution < -0.4 is 5.56 Å². The maximum atomic E-state index is 13.5. The molecule has 2 aromatic heterocycles. The summed E-state index contributed by atoms with van der Waals surface area (Å²) < 4.78 is 3.65. The first kappa shape index (κ1) is 24.8. The zero-order valence-corrected chi connectivity index (χ0v) is 22.2. The van der Waals surface area contributed by atoms with Crippen molar-refractivity contribution in [1.82, 2.24) is 29.0 Å². The number of benzene rings is 2. The molecular formula is C30H36N6O2. The van der Waals surface area contributed by atoms with Crippen molar-refractivity contribution in [2.24, 2.45) is 0 Å². The molecule has 0 N–H and O–H groups in total. The molecule has 2 saturated heterocycles. The number of rotatable bonds is 6. The predicted molar refractivity (Wildman–Crippen MR) is 148 cm³/mol. The lowest BCUT2D eigenvalue weighted by Gasteiger charge is -2.40. The lowest BCUT2D eigenvalue weighted by molar-refractivity contribution is -0.132. The normalized spacial score (nSPS) is 17.4. The highest BCUT2D eigenvalue weighted by Crippen LogP contribution is 2.22. The molecule has 0 saturated carbocycles. The zero-order chi connectivity index (χ0) is 26.1. The largest absolute Gasteiger partial charge is 0.343 e. The van der Waals surface area contributed by atoms with E-state index in [-0.39, 0.29) is 11.5 Å². The molecule has 0 spiro atoms. The molecule has 6 rings (SSSR count). The number of para-hydroxylation sites is 1. The van der Waals surface area contributed by atoms with Crippen molar-refractivity contribution in [2.45, 2.75) is 64.5 Å². The highest BCUT2D eigenvalue weighted by atomic mass is 16.2. The van der Waals surface area contributed by atoms with Gasteiger partial charge in [-0.1, -0.05) is 48.4 Å². The number of aryl methyl sites for hydroxylation is 2. The van der Waals surface area contributed by atoms with E-state index in [2.05, 4.69) is 27.2 Å². The van der Waals surface area contributed by atoms with E-state index in [1.54, 1.807) is 4.57 Å². The first-order valence-corrected chi connectivity index (χ1v) is 14.0. The van der Waals surface area contributed by atoms with Gasteiger partial charge >= 0.3 is 0 Å². The van der Waals surface area contributed by atoms with Crippen molar-refractivity contribution in [2.75, 3.05) is 26.2 Å². The standard InChI is InChI=1S/C30H36N6O2/c1-22-9-11-23(12-10-22)21-35-29(38)25-7-3-4-8-26(25)36-27(31-32-30(35)36)13-14-28(37)34-19-15-24(16-20-34)33-17-5-2-6-18-33/h3-4,7-12,24H,2,5-6,13-21H2,1H3. The van der Waals surface area contributed by atoms with Crippen LogP contribution in [0.2, 0.25) is 0 Å². The van der Waals surface area contributed by atoms with Crippen LogP contribution in [0.15, 0.2) is 53.3 Å². The summed E-state index contributed by atoms with van der Waals surface area (Å²) in [5, 5.41) is 9.53. The Hall–Kier alpha value is -3.52. The minimum absolute atomic E-state index is 0.0831. The molecule has 38 heavy (non-hydrogen) atoms. The van der Waals surface area contributed by atoms with Gasteiger partial charge in [0.1, 0.15) is 5.82 Å². The smallest absolute Gasteiger partial charge is 0.263 e. The average Bonchev–Trinajstić information content (AvgIpc) is 3.39. The van der Waals surface area contributed by atoms with Crippen molar-refractivity contribution in [3.05, 3.63) is 75.8 Å². The fourth-order valence-corrected chi connectivity index (χ4v) is 6.14. The molecular weight excluding hydrogens is 476 g/mol. The van der Waals surface area contributed by atoms with Gasteiger partial charge in [-0.25, -0.2) is 0 Å². The predicted octanol–water partition coefficient (Wildman–Crippen LogP) is 3.81. The van der Waals surface area contributed by atoms with E-state index in [1.807, 2.05) is 52.6 Å². The lowest BCUT2D eigenvalue weighted by Crippen LogP contribution is -2.48. The van der Waals surface area contributed by atoms with Gasteiger partial charge in [0.25, 0.3) is 5.56 Å². The van der Waals surface area contributed by atoms with Gasteiger partial charge in [0.05, 0.1) is 17.4 Å². The molecule has 8 nitrogen and oxygen atoms in total. The molecule has 2 aliphatic rings. The molecule has 0 radical (unpaired) electrons. The van der Waals surface area contributed by atoms with Gasteiger partial charge in [-0.05, 0) is 63.4 Å². The summed E-state index contributed by atoms with van der Waals surface area (Å²) in [5.41, 5.74) is 2.90. The Balaban J connectivity index is 1.21. The number of hydrogen-bond donors (Lipinski definition) is 0. The number of aromatic nitrogens is 4. The molecule has 198 valence electrons. The summed E-state index contributed by atoms with van der Waals surface area (Å²) in [4.78, 5) is 31.3. The molecule has 2 aromatic carbocycles. The molecule has 0 atom stereocenters. The second-order valence-electron chi connectivity index (χ2n) is 10.9. The van der Waals surface area contributed by atoms with Gasteiger partial charge in [-0.15, -0.1) is 10.2 Å². The summed E-state index contributed by atoms with van der Waals surface area (Å²) in [6.45, 7) is 6.55. The van der Waals surface area contributed by atoms with Crippen molar-refractivity contribution < 1.29 is 4.79 Å². The topological polar surface area (TPSA) is 75.7 Å². The maximum absolute atomic E-state index is 13.5. The Morgan fingerprint density at radius 1 is 0.921 bits per heavy atom. The number of piperidine rings is 2. The Kier molecular flexibility index (Phi) is 6.98. The third-order valence-corrected chi connectivity index (χ3v) is 8.32. The number of nitrogens with zero attached hydrogens (tertiary/aromatic N) is 6. The fraction of sp³-hybridized carbons (Fsp3) is 0.467. The quantitative estimate of drug-likeness (QED) is 0.393. The van der Waals surface area contributed by atoms with Gasteiger partial charge in [0, 0.05) is 32.0 Å². The number of likely N-dealkylation sites (tertiary alicyclic amines) is 2. The third-order valence-electron chi connectivity index (χ3n) is 8.32. The highest BCUT2D eigenvalue weighted by molar-refractivity contribution is 5.80. The Morgan fingerprint density at radius 3 is 2.42 bits per heavy atom. The molecule has 2 fully saturated rings. The summed E-state index contributed by atoms with van der Waals surface area (Å²) in [6.07, 6.45) is 6.96. The van der Waals surface area contributed by atoms with Crippen molar-refractivity contribution in [3.8, 4) is 0 Å². The monoisotopic (exact) mass is 512 g/mol. The number of hydrogen-bond acceptors (Lipinski definition) is 5. The van der Waals surface area contributed by atoms with E-state index >= 15 is 0 Å². The molecule has 1 amide bonds. The fourth-order valence-electron chi connectivity index (χ4n) is 6.14. The van der Waals surface area contributed by atoms with Crippen LogP contribution in [0.1, 0.15) is 55.5 Å². The Labute approximate surface area is 222 Å². The van der Waals surface area contributed by atoms with E-state index in [4.69, 9.17) is 0 Å². The van der Waals surface area contributed by atoms with Crippen molar-refractivity contribution in [1.29, 1.82) is 0 Å². The van der Waals surface area contributed by atoms with Crippen molar-refractivity contribution in [3.63, 3.8) is 0 Å². The van der Waals surface area contributed by atoms with Crippen LogP contribution in [0, 0.1) is 6.92 Å². The summed E-state index contributed by atoms with van der Waals surface area (Å²) in [7, 11) is 0. The van der Waals surface area contributed by atoms with E-state index < -0.39 is 0 Å². The first-order valence-electron chi connectivity index (χ1n) is 14.0. The number of fused-ring (bicyclic) bond motifs is 3. The van der Waals surface area contributed by atoms with E-state index in [0.29, 0.717) is 42.4 Å². The van der Waals surface area contributed by atoms with Crippen LogP contribution in [0.25, 0.3) is 16.7 Å². The first-order chi connectivity index (χ1) is 18.6. The van der Waals surface area contributed by atoms with Crippen LogP contribution in [0.4, 0.5) is 0 Å². The van der Waals surface area contributed by atoms with Crippen LogP contribution in [0.5, 0.6) is 0 Å². The average molecular weight is 513 g/mol. The van der Waals surface area contributed by atoms with E-state index in [1.165, 1.54) is 37.9 Å². The van der Waals surface area contributed by atoms with Crippen LogP contribution in [-0.4, -0.2) is 67.1 Å². The van der Waals surface area contributed by atoms with Gasteiger partial charge in [0.2, 0.25) is 11.7 Å². The zero-order valence-electron chi connectivity index (χ0n) is 22.2. The summed E-state index contributed by atoms with van der Waals surface area (Å²) in [5.74, 6) is 1.40. The number of amides is 1.